The van der Waals surface area contributed by atoms with Crippen LogP contribution in [0.1, 0.15) is 17.3 Å². The molecule has 29 heavy (non-hydrogen) atoms. The van der Waals surface area contributed by atoms with Crippen molar-refractivity contribution in [2.75, 3.05) is 13.2 Å². The van der Waals surface area contributed by atoms with E-state index in [1.807, 2.05) is 23.6 Å². The summed E-state index contributed by atoms with van der Waals surface area (Å²) in [7, 11) is 0. The lowest BCUT2D eigenvalue weighted by molar-refractivity contribution is 0.0994. The Kier molecular flexibility index (Phi) is 5.62. The lowest BCUT2D eigenvalue weighted by atomic mass is 10.2. The van der Waals surface area contributed by atoms with Crippen molar-refractivity contribution >= 4 is 50.0 Å². The molecule has 0 bridgehead atoms. The van der Waals surface area contributed by atoms with Gasteiger partial charge in [0.1, 0.15) is 17.4 Å². The molecule has 0 aliphatic heterocycles. The molecule has 0 atom stereocenters. The molecule has 0 aliphatic carbocycles. The van der Waals surface area contributed by atoms with E-state index in [1.165, 1.54) is 17.6 Å². The van der Waals surface area contributed by atoms with E-state index in [2.05, 4.69) is 4.99 Å². The molecule has 1 amide bonds. The van der Waals surface area contributed by atoms with Crippen molar-refractivity contribution in [1.29, 1.82) is 0 Å². The van der Waals surface area contributed by atoms with Crippen LogP contribution in [0.25, 0.3) is 21.2 Å². The molecule has 148 valence electrons. The van der Waals surface area contributed by atoms with Gasteiger partial charge in [0.25, 0.3) is 5.91 Å². The first kappa shape index (κ1) is 19.6. The number of thiazole rings is 1. The Morgan fingerprint density at radius 1 is 1.28 bits per heavy atom. The molecular formula is C21H17ClN2O4S. The van der Waals surface area contributed by atoms with E-state index in [0.717, 1.165) is 10.2 Å². The number of carbonyl (C=O) groups is 1. The highest BCUT2D eigenvalue weighted by Gasteiger charge is 2.15. The van der Waals surface area contributed by atoms with Crippen LogP contribution < -0.4 is 10.2 Å². The normalized spacial score (nSPS) is 12.1. The van der Waals surface area contributed by atoms with E-state index in [4.69, 9.17) is 20.8 Å². The number of halogens is 1. The van der Waals surface area contributed by atoms with Crippen LogP contribution in [-0.4, -0.2) is 23.7 Å². The molecule has 0 saturated carbocycles. The SMILES string of the molecule is CCOCCn1c(=NC(=O)c2coc3ccccc3c2=O)sc2cc(Cl)ccc21. The van der Waals surface area contributed by atoms with E-state index in [-0.39, 0.29) is 5.56 Å². The first-order valence-corrected chi connectivity index (χ1v) is 10.2. The monoisotopic (exact) mass is 428 g/mol. The van der Waals surface area contributed by atoms with E-state index < -0.39 is 11.3 Å². The molecule has 4 rings (SSSR count). The highest BCUT2D eigenvalue weighted by molar-refractivity contribution is 7.16. The lowest BCUT2D eigenvalue weighted by Crippen LogP contribution is -2.21. The number of nitrogens with zero attached hydrogens (tertiary/aromatic N) is 2. The molecule has 0 radical (unpaired) electrons. The van der Waals surface area contributed by atoms with Gasteiger partial charge in [0, 0.05) is 18.2 Å². The third kappa shape index (κ3) is 3.89. The van der Waals surface area contributed by atoms with Crippen molar-refractivity contribution in [2.24, 2.45) is 4.99 Å². The number of aromatic nitrogens is 1. The molecule has 0 spiro atoms. The smallest absolute Gasteiger partial charge is 0.286 e. The summed E-state index contributed by atoms with van der Waals surface area (Å²) < 4.78 is 13.7. The van der Waals surface area contributed by atoms with Crippen molar-refractivity contribution in [3.05, 3.63) is 74.3 Å². The Morgan fingerprint density at radius 3 is 2.93 bits per heavy atom. The van der Waals surface area contributed by atoms with Crippen LogP contribution in [-0.2, 0) is 11.3 Å². The third-order valence-corrected chi connectivity index (χ3v) is 5.69. The van der Waals surface area contributed by atoms with Crippen molar-refractivity contribution < 1.29 is 13.9 Å². The lowest BCUT2D eigenvalue weighted by Gasteiger charge is -2.05. The van der Waals surface area contributed by atoms with E-state index in [1.54, 1.807) is 30.3 Å². The van der Waals surface area contributed by atoms with E-state index in [9.17, 15) is 9.59 Å². The summed E-state index contributed by atoms with van der Waals surface area (Å²) in [5.74, 6) is -0.646. The molecule has 8 heteroatoms. The molecule has 2 aromatic carbocycles. The maximum absolute atomic E-state index is 12.8. The van der Waals surface area contributed by atoms with Gasteiger partial charge in [-0.2, -0.15) is 4.99 Å². The largest absolute Gasteiger partial charge is 0.463 e. The van der Waals surface area contributed by atoms with Gasteiger partial charge < -0.3 is 13.7 Å². The Balaban J connectivity index is 1.83. The highest BCUT2D eigenvalue weighted by atomic mass is 35.5. The summed E-state index contributed by atoms with van der Waals surface area (Å²) in [5.41, 5.74) is 0.828. The van der Waals surface area contributed by atoms with Crippen LogP contribution >= 0.6 is 22.9 Å². The Labute approximate surface area is 174 Å². The van der Waals surface area contributed by atoms with Crippen LogP contribution in [0.15, 0.2) is 62.9 Å². The average Bonchev–Trinajstić information content (AvgIpc) is 3.04. The molecule has 2 heterocycles. The number of ether oxygens (including phenoxy) is 1. The fourth-order valence-electron chi connectivity index (χ4n) is 3.02. The molecule has 0 N–H and O–H groups in total. The second-order valence-corrected chi connectivity index (χ2v) is 7.68. The predicted molar refractivity (Wildman–Crippen MR) is 114 cm³/mol. The van der Waals surface area contributed by atoms with Crippen LogP contribution in [0.4, 0.5) is 0 Å². The molecule has 0 saturated heterocycles. The first-order chi connectivity index (χ1) is 14.1. The maximum Gasteiger partial charge on any atom is 0.286 e. The second kappa shape index (κ2) is 8.32. The van der Waals surface area contributed by atoms with Crippen LogP contribution in [0.5, 0.6) is 0 Å². The summed E-state index contributed by atoms with van der Waals surface area (Å²) >= 11 is 7.44. The zero-order valence-corrected chi connectivity index (χ0v) is 17.1. The van der Waals surface area contributed by atoms with Crippen molar-refractivity contribution in [1.82, 2.24) is 4.57 Å². The third-order valence-electron chi connectivity index (χ3n) is 4.42. The number of carbonyl (C=O) groups excluding carboxylic acids is 1. The van der Waals surface area contributed by atoms with Gasteiger partial charge in [0.05, 0.1) is 22.2 Å². The number of rotatable bonds is 5. The summed E-state index contributed by atoms with van der Waals surface area (Å²) in [6, 6.07) is 12.3. The number of amides is 1. The van der Waals surface area contributed by atoms with Gasteiger partial charge in [-0.25, -0.2) is 0 Å². The molecule has 0 fully saturated rings. The number of para-hydroxylation sites is 1. The van der Waals surface area contributed by atoms with Gasteiger partial charge in [-0.15, -0.1) is 0 Å². The minimum atomic E-state index is -0.646. The number of hydrogen-bond acceptors (Lipinski definition) is 5. The summed E-state index contributed by atoms with van der Waals surface area (Å²) in [4.78, 5) is 30.2. The molecule has 2 aromatic heterocycles. The Bertz CT molecular complexity index is 1340. The van der Waals surface area contributed by atoms with E-state index in [0.29, 0.717) is 40.6 Å². The number of benzene rings is 2. The topological polar surface area (TPSA) is 73.8 Å². The summed E-state index contributed by atoms with van der Waals surface area (Å²) in [5, 5.41) is 0.949. The quantitative estimate of drug-likeness (QED) is 0.445. The molecule has 0 aliphatic rings. The van der Waals surface area contributed by atoms with Gasteiger partial charge in [-0.3, -0.25) is 9.59 Å². The minimum absolute atomic E-state index is 0.101. The fraction of sp³-hybridized carbons (Fsp3) is 0.190. The van der Waals surface area contributed by atoms with Crippen molar-refractivity contribution in [2.45, 2.75) is 13.5 Å². The second-order valence-electron chi connectivity index (χ2n) is 6.24. The zero-order chi connectivity index (χ0) is 20.4. The van der Waals surface area contributed by atoms with Gasteiger partial charge >= 0.3 is 0 Å². The Morgan fingerprint density at radius 2 is 2.10 bits per heavy atom. The van der Waals surface area contributed by atoms with Crippen LogP contribution in [0.2, 0.25) is 5.02 Å². The van der Waals surface area contributed by atoms with Gasteiger partial charge in [-0.1, -0.05) is 35.1 Å². The minimum Gasteiger partial charge on any atom is -0.463 e. The highest BCUT2D eigenvalue weighted by Crippen LogP contribution is 2.22. The average molecular weight is 429 g/mol. The van der Waals surface area contributed by atoms with Crippen molar-refractivity contribution in [3.63, 3.8) is 0 Å². The fourth-order valence-corrected chi connectivity index (χ4v) is 4.35. The number of hydrogen-bond donors (Lipinski definition) is 0. The standard InChI is InChI=1S/C21H17ClN2O4S/c1-2-27-10-9-24-16-8-7-13(22)11-18(16)29-21(24)23-20(26)15-12-28-17-6-4-3-5-14(17)19(15)25/h3-8,11-12H,2,9-10H2,1H3. The van der Waals surface area contributed by atoms with Crippen LogP contribution in [0, 0.1) is 0 Å². The Hall–Kier alpha value is -2.74. The molecular weight excluding hydrogens is 412 g/mol. The van der Waals surface area contributed by atoms with Gasteiger partial charge in [0.2, 0.25) is 5.43 Å². The summed E-state index contributed by atoms with van der Waals surface area (Å²) in [6.45, 7) is 3.51. The van der Waals surface area contributed by atoms with Crippen LogP contribution in [0.3, 0.4) is 0 Å². The summed E-state index contributed by atoms with van der Waals surface area (Å²) in [6.07, 6.45) is 1.17. The molecule has 6 nitrogen and oxygen atoms in total. The zero-order valence-electron chi connectivity index (χ0n) is 15.6. The van der Waals surface area contributed by atoms with E-state index >= 15 is 0 Å². The first-order valence-electron chi connectivity index (χ1n) is 9.04. The molecule has 0 unspecified atom stereocenters. The van der Waals surface area contributed by atoms with Gasteiger partial charge in [-0.05, 0) is 37.3 Å². The number of fused-ring (bicyclic) bond motifs is 2. The maximum atomic E-state index is 12.8. The predicted octanol–water partition coefficient (Wildman–Crippen LogP) is 4.24. The van der Waals surface area contributed by atoms with Gasteiger partial charge in [0.15, 0.2) is 4.80 Å². The van der Waals surface area contributed by atoms with Crippen molar-refractivity contribution in [3.8, 4) is 0 Å². The molecule has 4 aromatic rings.